The molecule has 8 aliphatic rings. The van der Waals surface area contributed by atoms with Crippen molar-refractivity contribution in [1.29, 1.82) is 0 Å². The number of carbonyl (C=O) groups excluding carboxylic acids is 1. The number of carbonyl (C=O) groups is 1. The van der Waals surface area contributed by atoms with Crippen LogP contribution < -0.4 is 0 Å². The molecule has 0 aromatic heterocycles. The molecule has 0 aromatic carbocycles. The smallest absolute Gasteiger partial charge is 0.141 e. The fourth-order valence-electron chi connectivity index (χ4n) is 8.00. The summed E-state index contributed by atoms with van der Waals surface area (Å²) in [6.07, 6.45) is 6.88. The highest BCUT2D eigenvalue weighted by molar-refractivity contribution is 5.87. The summed E-state index contributed by atoms with van der Waals surface area (Å²) >= 11 is 0. The van der Waals surface area contributed by atoms with Crippen molar-refractivity contribution in [2.45, 2.75) is 70.9 Å². The molecule has 6 heterocycles. The molecule has 0 amide bonds. The van der Waals surface area contributed by atoms with Gasteiger partial charge in [-0.3, -0.25) is 14.6 Å². The number of hydrogen-bond donors (Lipinski definition) is 0. The number of piperidine rings is 2. The van der Waals surface area contributed by atoms with Crippen LogP contribution in [-0.4, -0.2) is 52.8 Å². The third-order valence-corrected chi connectivity index (χ3v) is 9.20. The maximum absolute atomic E-state index is 11.8. The van der Waals surface area contributed by atoms with E-state index in [1.165, 1.54) is 25.9 Å². The lowest BCUT2D eigenvalue weighted by Crippen LogP contribution is -2.42. The van der Waals surface area contributed by atoms with Gasteiger partial charge in [-0.2, -0.15) is 0 Å². The fourth-order valence-corrected chi connectivity index (χ4v) is 8.00. The second-order valence-electron chi connectivity index (χ2n) is 10.9. The SMILES string of the molecule is CC(C)C12CC3CC(CN1C3)C2.CC(C)C12CC3CN1CC(C2)C3=O. The Morgan fingerprint density at radius 1 is 0.760 bits per heavy atom. The highest BCUT2D eigenvalue weighted by atomic mass is 16.1. The summed E-state index contributed by atoms with van der Waals surface area (Å²) < 4.78 is 0. The van der Waals surface area contributed by atoms with E-state index in [0.29, 0.717) is 28.7 Å². The maximum Gasteiger partial charge on any atom is 0.141 e. The number of ketones is 1. The van der Waals surface area contributed by atoms with E-state index in [-0.39, 0.29) is 0 Å². The van der Waals surface area contributed by atoms with E-state index in [1.54, 1.807) is 6.42 Å². The minimum atomic E-state index is 0.398. The Labute approximate surface area is 153 Å². The number of nitrogens with zero attached hydrogens (tertiary/aromatic N) is 2. The van der Waals surface area contributed by atoms with Crippen molar-refractivity contribution in [3.8, 4) is 0 Å². The Bertz CT molecular complexity index is 551. The van der Waals surface area contributed by atoms with E-state index in [2.05, 4.69) is 37.5 Å². The van der Waals surface area contributed by atoms with Crippen LogP contribution in [0.4, 0.5) is 0 Å². The standard InChI is InChI=1S/C11H17NO.C11H19N/c1-7(2)11-3-8-5-12(11)6-9(4-11)10(8)13;1-8(2)11-4-9-3-10(5-11)7-12(11)6-9/h7-9H,3-6H2,1-2H3;8-10H,3-7H2,1-2H3. The Kier molecular flexibility index (Phi) is 3.56. The Balaban J connectivity index is 0.000000112. The molecule has 6 saturated heterocycles. The van der Waals surface area contributed by atoms with E-state index in [4.69, 9.17) is 0 Å². The molecule has 3 heteroatoms. The summed E-state index contributed by atoms with van der Waals surface area (Å²) in [5.74, 6) is 5.11. The van der Waals surface area contributed by atoms with Crippen LogP contribution in [0, 0.1) is 35.5 Å². The summed E-state index contributed by atoms with van der Waals surface area (Å²) in [7, 11) is 0. The monoisotopic (exact) mass is 344 g/mol. The Morgan fingerprint density at radius 2 is 1.20 bits per heavy atom. The van der Waals surface area contributed by atoms with Crippen LogP contribution in [0.2, 0.25) is 0 Å². The second kappa shape index (κ2) is 5.32. The van der Waals surface area contributed by atoms with E-state index < -0.39 is 0 Å². The van der Waals surface area contributed by atoms with Gasteiger partial charge in [0.15, 0.2) is 0 Å². The molecule has 25 heavy (non-hydrogen) atoms. The first kappa shape index (κ1) is 16.7. The van der Waals surface area contributed by atoms with Gasteiger partial charge in [0.2, 0.25) is 0 Å². The average molecular weight is 345 g/mol. The second-order valence-corrected chi connectivity index (χ2v) is 10.9. The van der Waals surface area contributed by atoms with E-state index in [1.807, 2.05) is 0 Å². The lowest BCUT2D eigenvalue weighted by atomic mass is 9.71. The van der Waals surface area contributed by atoms with E-state index in [0.717, 1.165) is 49.6 Å². The summed E-state index contributed by atoms with van der Waals surface area (Å²) in [6, 6.07) is 0. The van der Waals surface area contributed by atoms with Gasteiger partial charge in [-0.05, 0) is 55.8 Å². The van der Waals surface area contributed by atoms with Gasteiger partial charge < -0.3 is 0 Å². The predicted octanol–water partition coefficient (Wildman–Crippen LogP) is 3.43. The lowest BCUT2D eigenvalue weighted by molar-refractivity contribution is -0.128. The maximum atomic E-state index is 11.8. The van der Waals surface area contributed by atoms with Crippen molar-refractivity contribution in [3.63, 3.8) is 0 Å². The van der Waals surface area contributed by atoms with E-state index >= 15 is 0 Å². The van der Waals surface area contributed by atoms with Crippen LogP contribution in [0.25, 0.3) is 0 Å². The summed E-state index contributed by atoms with van der Waals surface area (Å²) in [5, 5.41) is 0. The van der Waals surface area contributed by atoms with Gasteiger partial charge in [-0.25, -0.2) is 0 Å². The molecule has 0 radical (unpaired) electrons. The van der Waals surface area contributed by atoms with E-state index in [9.17, 15) is 4.79 Å². The molecule has 8 rings (SSSR count). The molecule has 3 nitrogen and oxygen atoms in total. The number of hydrogen-bond acceptors (Lipinski definition) is 3. The quantitative estimate of drug-likeness (QED) is 0.767. The van der Waals surface area contributed by atoms with Crippen molar-refractivity contribution in [1.82, 2.24) is 9.80 Å². The van der Waals surface area contributed by atoms with Gasteiger partial charge in [0, 0.05) is 49.1 Å². The number of rotatable bonds is 2. The molecule has 0 N–H and O–H groups in total. The third kappa shape index (κ3) is 2.15. The molecule has 2 aliphatic carbocycles. The zero-order valence-corrected chi connectivity index (χ0v) is 16.6. The molecule has 0 aromatic rings. The van der Waals surface area contributed by atoms with Crippen molar-refractivity contribution in [2.24, 2.45) is 35.5 Å². The Morgan fingerprint density at radius 3 is 1.60 bits per heavy atom. The zero-order valence-electron chi connectivity index (χ0n) is 16.6. The predicted molar refractivity (Wildman–Crippen MR) is 100 cm³/mol. The van der Waals surface area contributed by atoms with Crippen molar-refractivity contribution >= 4 is 5.78 Å². The molecule has 0 spiro atoms. The topological polar surface area (TPSA) is 23.6 Å². The largest absolute Gasteiger partial charge is 0.299 e. The lowest BCUT2D eigenvalue weighted by Gasteiger charge is -2.37. The van der Waals surface area contributed by atoms with Gasteiger partial charge in [-0.15, -0.1) is 0 Å². The molecule has 4 atom stereocenters. The molecule has 2 saturated carbocycles. The molecule has 6 aliphatic heterocycles. The molecule has 8 bridgehead atoms. The van der Waals surface area contributed by atoms with Gasteiger partial charge in [0.1, 0.15) is 5.78 Å². The van der Waals surface area contributed by atoms with Gasteiger partial charge in [-0.1, -0.05) is 27.7 Å². The third-order valence-electron chi connectivity index (χ3n) is 9.20. The summed E-state index contributed by atoms with van der Waals surface area (Å²) in [5.41, 5.74) is 1.08. The van der Waals surface area contributed by atoms with Crippen molar-refractivity contribution in [2.75, 3.05) is 26.2 Å². The average Bonchev–Trinajstić information content (AvgIpc) is 3.17. The summed E-state index contributed by atoms with van der Waals surface area (Å²) in [4.78, 5) is 17.2. The van der Waals surface area contributed by atoms with Crippen LogP contribution in [0.1, 0.15) is 59.8 Å². The van der Waals surface area contributed by atoms with Crippen LogP contribution in [0.5, 0.6) is 0 Å². The molecule has 8 fully saturated rings. The van der Waals surface area contributed by atoms with Crippen LogP contribution in [0.3, 0.4) is 0 Å². The first-order valence-electron chi connectivity index (χ1n) is 10.9. The Hall–Kier alpha value is -0.410. The number of Topliss-reactive ketones (excluding diaryl/α,β-unsaturated/α-hetero) is 1. The first-order valence-corrected chi connectivity index (χ1v) is 10.9. The minimum absolute atomic E-state index is 0.398. The zero-order chi connectivity index (χ0) is 17.6. The summed E-state index contributed by atoms with van der Waals surface area (Å²) in [6.45, 7) is 14.4. The van der Waals surface area contributed by atoms with Gasteiger partial charge in [0.25, 0.3) is 0 Å². The molecule has 140 valence electrons. The first-order chi connectivity index (χ1) is 11.8. The van der Waals surface area contributed by atoms with Crippen LogP contribution >= 0.6 is 0 Å². The van der Waals surface area contributed by atoms with Gasteiger partial charge in [0.05, 0.1) is 0 Å². The highest BCUT2D eigenvalue weighted by Gasteiger charge is 2.61. The molecule has 4 unspecified atom stereocenters. The normalized spacial score (nSPS) is 54.1. The van der Waals surface area contributed by atoms with Crippen LogP contribution in [0.15, 0.2) is 0 Å². The minimum Gasteiger partial charge on any atom is -0.299 e. The van der Waals surface area contributed by atoms with Crippen molar-refractivity contribution < 1.29 is 4.79 Å². The van der Waals surface area contributed by atoms with Crippen molar-refractivity contribution in [3.05, 3.63) is 0 Å². The van der Waals surface area contributed by atoms with Crippen LogP contribution in [-0.2, 0) is 4.79 Å². The van der Waals surface area contributed by atoms with Gasteiger partial charge >= 0.3 is 0 Å². The molecular weight excluding hydrogens is 308 g/mol. The highest BCUT2D eigenvalue weighted by Crippen LogP contribution is 2.56. The fraction of sp³-hybridized carbons (Fsp3) is 0.955. The molecular formula is C22H36N2O.